The molecule has 0 bridgehead atoms. The van der Waals surface area contributed by atoms with Crippen molar-refractivity contribution in [3.05, 3.63) is 229 Å². The highest BCUT2D eigenvalue weighted by Gasteiger charge is 2.40. The Morgan fingerprint density at radius 3 is 1.36 bits per heavy atom. The average Bonchev–Trinajstić information content (AvgIpc) is 0.788. The van der Waals surface area contributed by atoms with E-state index >= 15 is 0 Å². The zero-order chi connectivity index (χ0) is 77.4. The van der Waals surface area contributed by atoms with Crippen LogP contribution in [0.3, 0.4) is 0 Å². The van der Waals surface area contributed by atoms with Crippen molar-refractivity contribution in [2.75, 3.05) is 85.7 Å². The van der Waals surface area contributed by atoms with Gasteiger partial charge in [-0.05, 0) is 104 Å². The van der Waals surface area contributed by atoms with E-state index in [1.165, 1.54) is 6.92 Å². The number of fused-ring (bicyclic) bond motifs is 3. The van der Waals surface area contributed by atoms with Crippen molar-refractivity contribution >= 4 is 52.3 Å². The van der Waals surface area contributed by atoms with Gasteiger partial charge in [0.15, 0.2) is 0 Å². The van der Waals surface area contributed by atoms with Gasteiger partial charge in [0.05, 0.1) is 50.2 Å². The first-order valence-corrected chi connectivity index (χ1v) is 36.6. The van der Waals surface area contributed by atoms with Crippen molar-refractivity contribution in [1.82, 2.24) is 14.7 Å². The van der Waals surface area contributed by atoms with Gasteiger partial charge < -0.3 is 83.6 Å². The molecular formula is C84H105N3O20. The summed E-state index contributed by atoms with van der Waals surface area (Å²) >= 11 is 0. The molecule has 576 valence electrons. The standard InChI is InChI=1S/C35H49NO8.C25H29NO6.C24H27NO6/c1-5-7-8-25(6-2)23-36-31-22-29(42-18-15-32(38)33(39)16-19-44-35(41)24(3)4)14-11-27(31)21-30(34(36)40)26-9-12-28(13-10-26)43-20-17-37;1-17(2)25(30)32-16-20(28)15-31-21-10-9-19-13-22(18-7-4-3-5-8-18)24(29)26(11-6-12-27)23(19)14-21;1-2-23(28)31-16-19(27)15-30-20-10-9-18-13-21(17-7-4-3-5-8-17)24(29)25(11-6-12-26)22(18)14-20/h9-14,21-22,25,27,31-33,37-39H,3,5-8,15-20,23H2,1-2,4H3;3-5,7-10,13-14,19-20,23,27-28H,1,6,11-12,15-16H2,2H3;2-5,7-10,13-14,18-19,22,26-27H,1,6,11-12,15-16H2. The maximum atomic E-state index is 14.0. The fraction of sp³-hybridized carbons (Fsp3) is 0.429. The molecule has 23 heteroatoms. The summed E-state index contributed by atoms with van der Waals surface area (Å²) in [5, 5.41) is 68.2. The number of rotatable bonds is 39. The van der Waals surface area contributed by atoms with Gasteiger partial charge in [-0.2, -0.15) is 0 Å². The molecule has 0 saturated heterocycles. The lowest BCUT2D eigenvalue weighted by atomic mass is 9.84. The molecular weight excluding hydrogens is 1370 g/mol. The van der Waals surface area contributed by atoms with Crippen molar-refractivity contribution in [2.45, 2.75) is 122 Å². The Morgan fingerprint density at radius 2 is 0.916 bits per heavy atom. The molecule has 3 heterocycles. The lowest BCUT2D eigenvalue weighted by Crippen LogP contribution is -2.49. The van der Waals surface area contributed by atoms with E-state index in [1.54, 1.807) is 16.7 Å². The first-order valence-electron chi connectivity index (χ1n) is 36.6. The second kappa shape index (κ2) is 43.8. The first kappa shape index (κ1) is 84.5. The summed E-state index contributed by atoms with van der Waals surface area (Å²) in [7, 11) is 0. The van der Waals surface area contributed by atoms with Crippen LogP contribution in [0, 0.1) is 23.7 Å². The van der Waals surface area contributed by atoms with Crippen LogP contribution >= 0.6 is 0 Å². The number of carbonyl (C=O) groups is 6. The minimum atomic E-state index is -1.06. The summed E-state index contributed by atoms with van der Waals surface area (Å²) in [5.74, 6) is 0.665. The number of aliphatic hydroxyl groups excluding tert-OH is 7. The molecule has 7 N–H and O–H groups in total. The van der Waals surface area contributed by atoms with E-state index in [0.29, 0.717) is 78.1 Å². The SMILES string of the molecule is C=C(C)C(=O)OCC(O)COC1=CC2C(C=C1)C=C(c1ccccc1)C(=O)N2CCCO.C=C(C)C(=O)OCCC(O)C(O)CCOC1=CC2C(C=C1)C=C(c1ccc(OCCO)cc1)C(=O)N2CC(CC)CCCC.C=CC(=O)OCC(O)COC1=CC2C(C=C1)C=C(c1ccccc1)C(=O)N2CCCO. The maximum Gasteiger partial charge on any atom is 0.333 e. The first-order chi connectivity index (χ1) is 51.6. The Balaban J connectivity index is 0.000000229. The molecule has 3 aliphatic carbocycles. The molecule has 23 nitrogen and oxygen atoms in total. The normalized spacial score (nSPS) is 20.4. The lowest BCUT2D eigenvalue weighted by molar-refractivity contribution is -0.143. The quantitative estimate of drug-likeness (QED) is 0.0160. The summed E-state index contributed by atoms with van der Waals surface area (Å²) < 4.78 is 37.5. The molecule has 0 saturated carbocycles. The highest BCUT2D eigenvalue weighted by atomic mass is 16.6. The minimum Gasteiger partial charge on any atom is -0.494 e. The predicted octanol–water partition coefficient (Wildman–Crippen LogP) is 8.65. The Morgan fingerprint density at radius 1 is 0.486 bits per heavy atom. The molecule has 6 aliphatic rings. The third kappa shape index (κ3) is 25.5. The Bertz CT molecular complexity index is 3780. The van der Waals surface area contributed by atoms with E-state index in [1.807, 2.05) is 163 Å². The van der Waals surface area contributed by atoms with Crippen LogP contribution < -0.4 is 4.74 Å². The highest BCUT2D eigenvalue weighted by Crippen LogP contribution is 2.38. The summed E-state index contributed by atoms with van der Waals surface area (Å²) in [6.07, 6.45) is 25.6. The van der Waals surface area contributed by atoms with E-state index in [0.717, 1.165) is 48.4 Å². The van der Waals surface area contributed by atoms with Crippen LogP contribution in [0.5, 0.6) is 5.75 Å². The summed E-state index contributed by atoms with van der Waals surface area (Å²) in [6.45, 7) is 19.0. The van der Waals surface area contributed by atoms with Crippen LogP contribution in [0.25, 0.3) is 16.7 Å². The minimum absolute atomic E-state index is 0.00984. The van der Waals surface area contributed by atoms with Crippen LogP contribution in [-0.2, 0) is 57.2 Å². The largest absolute Gasteiger partial charge is 0.494 e. The van der Waals surface area contributed by atoms with Crippen LogP contribution in [0.2, 0.25) is 0 Å². The molecule has 0 aromatic heterocycles. The number of ether oxygens (including phenoxy) is 7. The Labute approximate surface area is 627 Å². The molecule has 3 aliphatic heterocycles. The number of esters is 3. The molecule has 11 atom stereocenters. The number of aliphatic hydroxyl groups is 7. The van der Waals surface area contributed by atoms with E-state index in [4.69, 9.17) is 38.3 Å². The molecule has 107 heavy (non-hydrogen) atoms. The van der Waals surface area contributed by atoms with Gasteiger partial charge in [-0.25, -0.2) is 14.4 Å². The van der Waals surface area contributed by atoms with Crippen molar-refractivity contribution in [1.29, 1.82) is 0 Å². The van der Waals surface area contributed by atoms with Gasteiger partial charge in [-0.1, -0.05) is 162 Å². The second-order valence-corrected chi connectivity index (χ2v) is 26.7. The number of unbranched alkanes of at least 4 members (excludes halogenated alkanes) is 1. The zero-order valence-corrected chi connectivity index (χ0v) is 61.7. The second-order valence-electron chi connectivity index (χ2n) is 26.7. The molecule has 3 aromatic rings. The number of amides is 3. The van der Waals surface area contributed by atoms with Crippen molar-refractivity contribution in [3.8, 4) is 5.75 Å². The summed E-state index contributed by atoms with van der Waals surface area (Å²) in [6, 6.07) is 25.7. The number of hydrogen-bond acceptors (Lipinski definition) is 20. The fourth-order valence-corrected chi connectivity index (χ4v) is 12.5. The maximum absolute atomic E-state index is 14.0. The molecule has 3 amide bonds. The van der Waals surface area contributed by atoms with Crippen LogP contribution in [-0.4, -0.2) is 214 Å². The number of benzene rings is 3. The number of nitrogens with zero attached hydrogens (tertiary/aromatic N) is 3. The van der Waals surface area contributed by atoms with E-state index < -0.39 is 42.3 Å². The van der Waals surface area contributed by atoms with Gasteiger partial charge in [-0.15, -0.1) is 0 Å². The third-order valence-electron chi connectivity index (χ3n) is 18.4. The predicted molar refractivity (Wildman–Crippen MR) is 405 cm³/mol. The van der Waals surface area contributed by atoms with Crippen LogP contribution in [0.15, 0.2) is 212 Å². The van der Waals surface area contributed by atoms with Crippen molar-refractivity contribution < 1.29 is 97.7 Å². The van der Waals surface area contributed by atoms with Gasteiger partial charge in [0.25, 0.3) is 17.7 Å². The molecule has 0 radical (unpaired) electrons. The van der Waals surface area contributed by atoms with Gasteiger partial charge in [0.1, 0.15) is 68.3 Å². The lowest BCUT2D eigenvalue weighted by Gasteiger charge is -2.41. The monoisotopic (exact) mass is 1480 g/mol. The van der Waals surface area contributed by atoms with Crippen LogP contribution in [0.4, 0.5) is 0 Å². The van der Waals surface area contributed by atoms with Gasteiger partial charge in [0, 0.05) is 97.4 Å². The Hall–Kier alpha value is -9.72. The molecule has 0 fully saturated rings. The van der Waals surface area contributed by atoms with Gasteiger partial charge in [-0.3, -0.25) is 14.4 Å². The number of hydrogen-bond donors (Lipinski definition) is 7. The zero-order valence-electron chi connectivity index (χ0n) is 61.7. The molecule has 11 unspecified atom stereocenters. The summed E-state index contributed by atoms with van der Waals surface area (Å²) in [4.78, 5) is 80.0. The number of allylic oxidation sites excluding steroid dienone is 3. The van der Waals surface area contributed by atoms with Crippen molar-refractivity contribution in [2.24, 2.45) is 23.7 Å². The molecule has 3 aromatic carbocycles. The summed E-state index contributed by atoms with van der Waals surface area (Å²) in [5.41, 5.74) is 5.00. The fourth-order valence-electron chi connectivity index (χ4n) is 12.5. The number of carbonyl (C=O) groups excluding carboxylic acids is 6. The highest BCUT2D eigenvalue weighted by molar-refractivity contribution is 6.22. The van der Waals surface area contributed by atoms with E-state index in [2.05, 4.69) is 33.6 Å². The third-order valence-corrected chi connectivity index (χ3v) is 18.4. The van der Waals surface area contributed by atoms with E-state index in [-0.39, 0.29) is 144 Å². The van der Waals surface area contributed by atoms with Crippen LogP contribution in [0.1, 0.15) is 95.8 Å². The molecule has 9 rings (SSSR count). The Kier molecular flexibility index (Phi) is 34.6. The molecule has 0 spiro atoms. The van der Waals surface area contributed by atoms with E-state index in [9.17, 15) is 59.4 Å². The van der Waals surface area contributed by atoms with Gasteiger partial charge >= 0.3 is 17.9 Å². The van der Waals surface area contributed by atoms with Gasteiger partial charge in [0.2, 0.25) is 0 Å². The van der Waals surface area contributed by atoms with Crippen molar-refractivity contribution in [3.63, 3.8) is 0 Å². The smallest absolute Gasteiger partial charge is 0.333 e. The topological polar surface area (TPSA) is 318 Å². The average molecular weight is 1480 g/mol.